The first-order chi connectivity index (χ1) is 9.09. The van der Waals surface area contributed by atoms with E-state index in [0.717, 1.165) is 12.8 Å². The van der Waals surface area contributed by atoms with Crippen LogP contribution < -0.4 is 0 Å². The van der Waals surface area contributed by atoms with Crippen LogP contribution in [-0.4, -0.2) is 39.1 Å². The molecule has 2 fully saturated rings. The van der Waals surface area contributed by atoms with Gasteiger partial charge in [-0.2, -0.15) is 0 Å². The minimum Gasteiger partial charge on any atom is -0.480 e. The second-order valence-corrected chi connectivity index (χ2v) is 6.61. The Morgan fingerprint density at radius 1 is 1.47 bits per heavy atom. The summed E-state index contributed by atoms with van der Waals surface area (Å²) < 4.78 is 5.42. The fourth-order valence-corrected chi connectivity index (χ4v) is 4.34. The van der Waals surface area contributed by atoms with E-state index in [1.165, 1.54) is 11.2 Å². The summed E-state index contributed by atoms with van der Waals surface area (Å²) in [5.41, 5.74) is 0.388. The molecule has 1 saturated carbocycles. The number of carbonyl (C=O) groups excluding carboxylic acids is 1. The average molecular weight is 346 g/mol. The van der Waals surface area contributed by atoms with E-state index in [0.29, 0.717) is 21.9 Å². The van der Waals surface area contributed by atoms with Crippen molar-refractivity contribution in [1.29, 1.82) is 0 Å². The lowest BCUT2D eigenvalue weighted by molar-refractivity contribution is -0.141. The molecule has 5 nitrogen and oxygen atoms in total. The highest BCUT2D eigenvalue weighted by Crippen LogP contribution is 2.46. The minimum atomic E-state index is -0.941. The van der Waals surface area contributed by atoms with E-state index in [-0.39, 0.29) is 11.3 Å². The SMILES string of the molecule is O=C(O)C1CSC(C2CC2)N1C(=O)c1ccoc1Br. The van der Waals surface area contributed by atoms with Crippen LogP contribution in [0.2, 0.25) is 0 Å². The molecule has 7 heteroatoms. The topological polar surface area (TPSA) is 70.8 Å². The second kappa shape index (κ2) is 4.86. The largest absolute Gasteiger partial charge is 0.480 e. The Morgan fingerprint density at radius 3 is 2.74 bits per heavy atom. The third-order valence-electron chi connectivity index (χ3n) is 3.43. The number of thioether (sulfide) groups is 1. The number of rotatable bonds is 3. The molecule has 1 aliphatic heterocycles. The van der Waals surface area contributed by atoms with Crippen LogP contribution in [0, 0.1) is 5.92 Å². The minimum absolute atomic E-state index is 0.0181. The Morgan fingerprint density at radius 2 is 2.21 bits per heavy atom. The lowest BCUT2D eigenvalue weighted by Gasteiger charge is -2.27. The first kappa shape index (κ1) is 13.1. The van der Waals surface area contributed by atoms with E-state index in [9.17, 15) is 14.7 Å². The number of carbonyl (C=O) groups is 2. The molecule has 1 aromatic heterocycles. The average Bonchev–Trinajstić information content (AvgIpc) is 2.97. The fraction of sp³-hybridized carbons (Fsp3) is 0.500. The van der Waals surface area contributed by atoms with Gasteiger partial charge in [-0.3, -0.25) is 4.79 Å². The molecule has 1 amide bonds. The van der Waals surface area contributed by atoms with Gasteiger partial charge in [0, 0.05) is 5.75 Å². The number of carboxylic acid groups (broad SMARTS) is 1. The van der Waals surface area contributed by atoms with Gasteiger partial charge in [-0.05, 0) is 40.8 Å². The van der Waals surface area contributed by atoms with Gasteiger partial charge in [-0.25, -0.2) is 4.79 Å². The van der Waals surface area contributed by atoms with Crippen LogP contribution >= 0.6 is 27.7 Å². The lowest BCUT2D eigenvalue weighted by Crippen LogP contribution is -2.46. The van der Waals surface area contributed by atoms with Crippen molar-refractivity contribution < 1.29 is 19.1 Å². The first-order valence-electron chi connectivity index (χ1n) is 5.99. The Hall–Kier alpha value is -0.950. The normalized spacial score (nSPS) is 26.7. The molecule has 19 heavy (non-hydrogen) atoms. The Bertz CT molecular complexity index is 528. The molecule has 2 heterocycles. The molecule has 1 aromatic rings. The highest BCUT2D eigenvalue weighted by atomic mass is 79.9. The molecular formula is C12H12BrNO4S. The van der Waals surface area contributed by atoms with Crippen LogP contribution in [0.3, 0.4) is 0 Å². The molecular weight excluding hydrogens is 334 g/mol. The summed E-state index contributed by atoms with van der Waals surface area (Å²) in [6, 6.07) is 0.822. The fourth-order valence-electron chi connectivity index (χ4n) is 2.30. The Kier molecular flexibility index (Phi) is 3.34. The summed E-state index contributed by atoms with van der Waals surface area (Å²) in [6.45, 7) is 0. The van der Waals surface area contributed by atoms with E-state index in [1.807, 2.05) is 0 Å². The molecule has 102 valence electrons. The molecule has 1 N–H and O–H groups in total. The van der Waals surface area contributed by atoms with Crippen LogP contribution in [-0.2, 0) is 4.79 Å². The highest BCUT2D eigenvalue weighted by molar-refractivity contribution is 9.10. The maximum atomic E-state index is 12.5. The van der Waals surface area contributed by atoms with Crippen LogP contribution in [0.5, 0.6) is 0 Å². The van der Waals surface area contributed by atoms with Crippen molar-refractivity contribution in [3.63, 3.8) is 0 Å². The van der Waals surface area contributed by atoms with Crippen molar-refractivity contribution in [2.45, 2.75) is 24.3 Å². The van der Waals surface area contributed by atoms with E-state index in [1.54, 1.807) is 17.8 Å². The summed E-state index contributed by atoms with van der Waals surface area (Å²) >= 11 is 4.74. The zero-order valence-electron chi connectivity index (χ0n) is 9.91. The summed E-state index contributed by atoms with van der Waals surface area (Å²) in [4.78, 5) is 25.4. The highest BCUT2D eigenvalue weighted by Gasteiger charge is 2.48. The van der Waals surface area contributed by atoms with Gasteiger partial charge in [0.15, 0.2) is 4.67 Å². The Labute approximate surface area is 122 Å². The number of hydrogen-bond donors (Lipinski definition) is 1. The standard InChI is InChI=1S/C12H12BrNO4S/c13-9-7(3-4-18-9)10(15)14-8(12(16)17)5-19-11(14)6-1-2-6/h3-4,6,8,11H,1-2,5H2,(H,16,17). The van der Waals surface area contributed by atoms with Crippen molar-refractivity contribution in [2.24, 2.45) is 5.92 Å². The Balaban J connectivity index is 1.91. The maximum absolute atomic E-state index is 12.5. The third-order valence-corrected chi connectivity index (χ3v) is 5.50. The molecule has 0 bridgehead atoms. The molecule has 0 radical (unpaired) electrons. The summed E-state index contributed by atoms with van der Waals surface area (Å²) in [6.07, 6.45) is 3.56. The van der Waals surface area contributed by atoms with Crippen LogP contribution in [0.1, 0.15) is 23.2 Å². The zero-order valence-corrected chi connectivity index (χ0v) is 12.3. The van der Waals surface area contributed by atoms with Crippen LogP contribution in [0.25, 0.3) is 0 Å². The molecule has 0 spiro atoms. The molecule has 0 aromatic carbocycles. The monoisotopic (exact) mass is 345 g/mol. The van der Waals surface area contributed by atoms with E-state index in [4.69, 9.17) is 4.42 Å². The van der Waals surface area contributed by atoms with Crippen LogP contribution in [0.4, 0.5) is 0 Å². The maximum Gasteiger partial charge on any atom is 0.327 e. The third kappa shape index (κ3) is 2.29. The first-order valence-corrected chi connectivity index (χ1v) is 7.84. The quantitative estimate of drug-likeness (QED) is 0.910. The van der Waals surface area contributed by atoms with Gasteiger partial charge in [0.05, 0.1) is 17.2 Å². The summed E-state index contributed by atoms with van der Waals surface area (Å²) in [5, 5.41) is 9.26. The van der Waals surface area contributed by atoms with Gasteiger partial charge in [-0.1, -0.05) is 0 Å². The number of halogens is 1. The zero-order chi connectivity index (χ0) is 13.6. The number of carboxylic acids is 1. The predicted octanol–water partition coefficient (Wildman–Crippen LogP) is 2.42. The number of amides is 1. The molecule has 3 rings (SSSR count). The molecule has 2 atom stereocenters. The summed E-state index contributed by atoms with van der Waals surface area (Å²) in [7, 11) is 0. The van der Waals surface area contributed by atoms with Crippen molar-refractivity contribution in [1.82, 2.24) is 4.90 Å². The second-order valence-electron chi connectivity index (χ2n) is 4.74. The van der Waals surface area contributed by atoms with E-state index in [2.05, 4.69) is 15.9 Å². The van der Waals surface area contributed by atoms with Crippen molar-refractivity contribution in [3.8, 4) is 0 Å². The molecule has 2 aliphatic rings. The lowest BCUT2D eigenvalue weighted by atomic mass is 10.2. The molecule has 2 unspecified atom stereocenters. The predicted molar refractivity (Wildman–Crippen MR) is 73.0 cm³/mol. The molecule has 1 aliphatic carbocycles. The van der Waals surface area contributed by atoms with Crippen molar-refractivity contribution in [3.05, 3.63) is 22.6 Å². The number of hydrogen-bond acceptors (Lipinski definition) is 4. The smallest absolute Gasteiger partial charge is 0.327 e. The number of furan rings is 1. The van der Waals surface area contributed by atoms with Gasteiger partial charge >= 0.3 is 5.97 Å². The van der Waals surface area contributed by atoms with E-state index < -0.39 is 12.0 Å². The van der Waals surface area contributed by atoms with Gasteiger partial charge in [0.2, 0.25) is 0 Å². The number of aliphatic carboxylic acids is 1. The molecule has 1 saturated heterocycles. The van der Waals surface area contributed by atoms with Gasteiger partial charge in [-0.15, -0.1) is 11.8 Å². The van der Waals surface area contributed by atoms with E-state index >= 15 is 0 Å². The number of nitrogens with zero attached hydrogens (tertiary/aromatic N) is 1. The van der Waals surface area contributed by atoms with Gasteiger partial charge in [0.25, 0.3) is 5.91 Å². The van der Waals surface area contributed by atoms with Crippen molar-refractivity contribution in [2.75, 3.05) is 5.75 Å². The van der Waals surface area contributed by atoms with Gasteiger partial charge in [0.1, 0.15) is 6.04 Å². The summed E-state index contributed by atoms with van der Waals surface area (Å²) in [5.74, 6) is -0.319. The van der Waals surface area contributed by atoms with Crippen molar-refractivity contribution >= 4 is 39.6 Å². The van der Waals surface area contributed by atoms with Gasteiger partial charge < -0.3 is 14.4 Å². The van der Waals surface area contributed by atoms with Crippen LogP contribution in [0.15, 0.2) is 21.4 Å².